The van der Waals surface area contributed by atoms with Crippen LogP contribution in [0.3, 0.4) is 0 Å². The van der Waals surface area contributed by atoms with E-state index in [9.17, 15) is 9.90 Å². The molecule has 5 heteroatoms. The van der Waals surface area contributed by atoms with E-state index in [1.807, 2.05) is 6.07 Å². The van der Waals surface area contributed by atoms with E-state index in [4.69, 9.17) is 16.3 Å². The van der Waals surface area contributed by atoms with Gasteiger partial charge < -0.3 is 9.84 Å². The van der Waals surface area contributed by atoms with E-state index in [2.05, 4.69) is 36.1 Å². The first-order valence-electron chi connectivity index (χ1n) is 12.9. The van der Waals surface area contributed by atoms with Gasteiger partial charge in [-0.1, -0.05) is 49.2 Å². The molecular weight excluding hydrogens is 434 g/mol. The second kappa shape index (κ2) is 9.84. The summed E-state index contributed by atoms with van der Waals surface area (Å²) in [5, 5.41) is 12.4. The van der Waals surface area contributed by atoms with Crippen molar-refractivity contribution >= 4 is 28.3 Å². The van der Waals surface area contributed by atoms with E-state index >= 15 is 0 Å². The van der Waals surface area contributed by atoms with E-state index < -0.39 is 5.97 Å². The molecule has 0 radical (unpaired) electrons. The lowest BCUT2D eigenvalue weighted by Crippen LogP contribution is -2.45. The third-order valence-electron chi connectivity index (χ3n) is 8.54. The van der Waals surface area contributed by atoms with Crippen molar-refractivity contribution in [2.24, 2.45) is 11.8 Å². The number of hydrogen-bond donors (Lipinski definition) is 1. The van der Waals surface area contributed by atoms with Crippen molar-refractivity contribution in [3.63, 3.8) is 0 Å². The zero-order chi connectivity index (χ0) is 22.9. The zero-order valence-electron chi connectivity index (χ0n) is 19.6. The number of carboxylic acid groups (broad SMARTS) is 1. The lowest BCUT2D eigenvalue weighted by molar-refractivity contribution is -0.144. The number of rotatable bonds is 7. The summed E-state index contributed by atoms with van der Waals surface area (Å²) in [6.45, 7) is 3.29. The van der Waals surface area contributed by atoms with E-state index in [1.165, 1.54) is 24.8 Å². The standard InChI is InChI=1S/C28H36ClNO3/c1-2-18-3-9-24(10-4-18)33-26-12-6-20-15-19(5-11-25(20)27(26)29)13-14-30-22-7-8-23(30)17-21(16-22)28(31)32/h5-6,11-12,15,18,21-24H,2-4,7-10,13-14,16-17H2,1H3,(H,31,32)/t18-,21?,22-,23?,24+/m1/s1. The van der Waals surface area contributed by atoms with Gasteiger partial charge in [0.1, 0.15) is 5.75 Å². The van der Waals surface area contributed by atoms with Crippen LogP contribution in [0.25, 0.3) is 10.8 Å². The van der Waals surface area contributed by atoms with Crippen LogP contribution in [0.5, 0.6) is 5.75 Å². The molecule has 3 atom stereocenters. The molecule has 5 rings (SSSR count). The Hall–Kier alpha value is -1.78. The quantitative estimate of drug-likeness (QED) is 0.489. The first kappa shape index (κ1) is 23.0. The summed E-state index contributed by atoms with van der Waals surface area (Å²) in [4.78, 5) is 14.0. The summed E-state index contributed by atoms with van der Waals surface area (Å²) in [6.07, 6.45) is 11.2. The average Bonchev–Trinajstić information content (AvgIpc) is 3.06. The molecule has 0 amide bonds. The molecule has 1 aliphatic carbocycles. The van der Waals surface area contributed by atoms with Gasteiger partial charge in [0, 0.05) is 24.0 Å². The number of halogens is 1. The van der Waals surface area contributed by atoms with E-state index in [0.29, 0.717) is 12.1 Å². The number of piperidine rings is 1. The fraction of sp³-hybridized carbons (Fsp3) is 0.607. The highest BCUT2D eigenvalue weighted by molar-refractivity contribution is 6.37. The number of nitrogens with zero attached hydrogens (tertiary/aromatic N) is 1. The molecule has 1 saturated carbocycles. The monoisotopic (exact) mass is 469 g/mol. The van der Waals surface area contributed by atoms with E-state index in [-0.39, 0.29) is 12.0 Å². The Kier molecular flexibility index (Phi) is 6.85. The molecule has 2 aromatic carbocycles. The summed E-state index contributed by atoms with van der Waals surface area (Å²) < 4.78 is 6.32. The lowest BCUT2D eigenvalue weighted by atomic mass is 9.86. The zero-order valence-corrected chi connectivity index (χ0v) is 20.4. The number of benzene rings is 2. The molecule has 0 aromatic heterocycles. The second-order valence-electron chi connectivity index (χ2n) is 10.5. The lowest BCUT2D eigenvalue weighted by Gasteiger charge is -2.37. The van der Waals surface area contributed by atoms with Gasteiger partial charge in [-0.25, -0.2) is 0 Å². The summed E-state index contributed by atoms with van der Waals surface area (Å²) in [7, 11) is 0. The minimum absolute atomic E-state index is 0.153. The minimum atomic E-state index is -0.616. The Bertz CT molecular complexity index is 986. The minimum Gasteiger partial charge on any atom is -0.489 e. The Balaban J connectivity index is 1.22. The molecule has 0 spiro atoms. The predicted octanol–water partition coefficient (Wildman–Crippen LogP) is 6.71. The van der Waals surface area contributed by atoms with Crippen LogP contribution in [0, 0.1) is 11.8 Å². The van der Waals surface area contributed by atoms with Crippen LogP contribution in [0.15, 0.2) is 30.3 Å². The molecule has 2 bridgehead atoms. The van der Waals surface area contributed by atoms with Gasteiger partial charge in [0.15, 0.2) is 0 Å². The number of ether oxygens (including phenoxy) is 1. The van der Waals surface area contributed by atoms with Crippen LogP contribution in [0.1, 0.15) is 70.3 Å². The van der Waals surface area contributed by atoms with Crippen molar-refractivity contribution < 1.29 is 14.6 Å². The molecule has 2 aromatic rings. The van der Waals surface area contributed by atoms with Gasteiger partial charge in [0.05, 0.1) is 17.0 Å². The van der Waals surface area contributed by atoms with E-state index in [1.54, 1.807) is 0 Å². The predicted molar refractivity (Wildman–Crippen MR) is 133 cm³/mol. The van der Waals surface area contributed by atoms with Gasteiger partial charge >= 0.3 is 5.97 Å². The third kappa shape index (κ3) is 4.88. The third-order valence-corrected chi connectivity index (χ3v) is 8.93. The van der Waals surface area contributed by atoms with Gasteiger partial charge in [-0.05, 0) is 80.7 Å². The number of fused-ring (bicyclic) bond motifs is 3. The van der Waals surface area contributed by atoms with Crippen molar-refractivity contribution in [3.8, 4) is 5.75 Å². The van der Waals surface area contributed by atoms with E-state index in [0.717, 1.165) is 79.0 Å². The van der Waals surface area contributed by atoms with Crippen LogP contribution in [0.2, 0.25) is 5.02 Å². The van der Waals surface area contributed by atoms with Crippen molar-refractivity contribution in [2.75, 3.05) is 6.54 Å². The number of aliphatic carboxylic acids is 1. The van der Waals surface area contributed by atoms with Crippen LogP contribution >= 0.6 is 11.6 Å². The Morgan fingerprint density at radius 2 is 1.79 bits per heavy atom. The normalized spacial score (nSPS) is 29.9. The summed E-state index contributed by atoms with van der Waals surface area (Å²) in [5.74, 6) is 0.901. The van der Waals surface area contributed by atoms with Crippen molar-refractivity contribution in [1.29, 1.82) is 0 Å². The maximum atomic E-state index is 11.4. The van der Waals surface area contributed by atoms with Gasteiger partial charge in [-0.3, -0.25) is 9.69 Å². The van der Waals surface area contributed by atoms with Crippen molar-refractivity contribution in [3.05, 3.63) is 40.9 Å². The average molecular weight is 470 g/mol. The largest absolute Gasteiger partial charge is 0.489 e. The number of hydrogen-bond acceptors (Lipinski definition) is 3. The molecule has 4 nitrogen and oxygen atoms in total. The Morgan fingerprint density at radius 1 is 1.06 bits per heavy atom. The highest BCUT2D eigenvalue weighted by Crippen LogP contribution is 2.39. The van der Waals surface area contributed by atoms with Crippen LogP contribution in [-0.4, -0.2) is 40.7 Å². The molecule has 178 valence electrons. The number of carbonyl (C=O) groups is 1. The molecular formula is C28H36ClNO3. The maximum absolute atomic E-state index is 11.4. The highest BCUT2D eigenvalue weighted by atomic mass is 35.5. The molecule has 2 heterocycles. The summed E-state index contributed by atoms with van der Waals surface area (Å²) in [5.41, 5.74) is 1.31. The topological polar surface area (TPSA) is 49.8 Å². The van der Waals surface area contributed by atoms with Gasteiger partial charge in [0.25, 0.3) is 0 Å². The van der Waals surface area contributed by atoms with Gasteiger partial charge in [-0.15, -0.1) is 0 Å². The van der Waals surface area contributed by atoms with Gasteiger partial charge in [0.2, 0.25) is 0 Å². The Labute approximate surface area is 202 Å². The number of carboxylic acids is 1. The van der Waals surface area contributed by atoms with Crippen LogP contribution in [-0.2, 0) is 11.2 Å². The van der Waals surface area contributed by atoms with Crippen LogP contribution < -0.4 is 4.74 Å². The second-order valence-corrected chi connectivity index (χ2v) is 10.9. The van der Waals surface area contributed by atoms with Crippen molar-refractivity contribution in [2.45, 2.75) is 89.3 Å². The molecule has 2 unspecified atom stereocenters. The summed E-state index contributed by atoms with van der Waals surface area (Å²) in [6, 6.07) is 11.6. The fourth-order valence-corrected chi connectivity index (χ4v) is 6.78. The molecule has 3 aliphatic rings. The maximum Gasteiger partial charge on any atom is 0.306 e. The molecule has 2 aliphatic heterocycles. The molecule has 3 fully saturated rings. The molecule has 2 saturated heterocycles. The first-order valence-corrected chi connectivity index (χ1v) is 13.3. The van der Waals surface area contributed by atoms with Gasteiger partial charge in [-0.2, -0.15) is 0 Å². The Morgan fingerprint density at radius 3 is 2.45 bits per heavy atom. The summed E-state index contributed by atoms with van der Waals surface area (Å²) >= 11 is 6.77. The smallest absolute Gasteiger partial charge is 0.306 e. The first-order chi connectivity index (χ1) is 16.0. The highest BCUT2D eigenvalue weighted by Gasteiger charge is 2.42. The SMILES string of the molecule is CC[C@H]1CC[C@@H](Oc2ccc3cc(CCN4C5CC[C@@H]4CC(C(=O)O)C5)ccc3c2Cl)CC1. The fourth-order valence-electron chi connectivity index (χ4n) is 6.50. The molecule has 33 heavy (non-hydrogen) atoms. The van der Waals surface area contributed by atoms with Crippen LogP contribution in [0.4, 0.5) is 0 Å². The van der Waals surface area contributed by atoms with Crippen molar-refractivity contribution in [1.82, 2.24) is 4.90 Å². The molecule has 1 N–H and O–H groups in total.